The van der Waals surface area contributed by atoms with Crippen molar-refractivity contribution in [2.45, 2.75) is 17.2 Å². The number of hydrogen-bond donors (Lipinski definition) is 1. The fraction of sp³-hybridized carbons (Fsp3) is 0.100. The first-order valence-electron chi connectivity index (χ1n) is 8.79. The number of rotatable bonds is 5. The van der Waals surface area contributed by atoms with Crippen LogP contribution in [0.15, 0.2) is 60.0 Å². The van der Waals surface area contributed by atoms with Gasteiger partial charge in [0.15, 0.2) is 17.3 Å². The summed E-state index contributed by atoms with van der Waals surface area (Å²) in [6.45, 7) is 1.66. The van der Waals surface area contributed by atoms with Crippen LogP contribution in [0.3, 0.4) is 0 Å². The first kappa shape index (κ1) is 19.9. The maximum absolute atomic E-state index is 13.3. The van der Waals surface area contributed by atoms with Crippen LogP contribution in [-0.4, -0.2) is 30.9 Å². The highest BCUT2D eigenvalue weighted by molar-refractivity contribution is 8.00. The first-order valence-corrected chi connectivity index (χ1v) is 9.67. The van der Waals surface area contributed by atoms with E-state index in [-0.39, 0.29) is 11.5 Å². The maximum atomic E-state index is 13.3. The molecule has 1 unspecified atom stereocenters. The van der Waals surface area contributed by atoms with Gasteiger partial charge in [0.2, 0.25) is 5.91 Å². The Morgan fingerprint density at radius 3 is 2.57 bits per heavy atom. The van der Waals surface area contributed by atoms with Gasteiger partial charge in [-0.1, -0.05) is 11.8 Å². The Kier molecular flexibility index (Phi) is 5.40. The van der Waals surface area contributed by atoms with E-state index < -0.39 is 22.8 Å². The standard InChI is InChI=1S/C20H14F3N5OS/c1-11(19(29)27-13-4-7-16(22)17(23)8-13)30-20-15-9-26-28(18(15)24-10-25-20)14-5-2-12(21)3-6-14/h2-11H,1H3,(H,27,29). The zero-order valence-corrected chi connectivity index (χ0v) is 16.3. The molecule has 2 aromatic heterocycles. The number of aromatic nitrogens is 4. The number of benzene rings is 2. The van der Waals surface area contributed by atoms with Crippen molar-refractivity contribution in [3.63, 3.8) is 0 Å². The molecule has 1 amide bonds. The van der Waals surface area contributed by atoms with E-state index in [1.807, 2.05) is 0 Å². The molecule has 0 radical (unpaired) electrons. The molecule has 0 aliphatic rings. The van der Waals surface area contributed by atoms with Gasteiger partial charge in [-0.15, -0.1) is 0 Å². The van der Waals surface area contributed by atoms with Crippen LogP contribution in [-0.2, 0) is 4.79 Å². The highest BCUT2D eigenvalue weighted by atomic mass is 32.2. The number of hydrogen-bond acceptors (Lipinski definition) is 5. The fourth-order valence-electron chi connectivity index (χ4n) is 2.73. The quantitative estimate of drug-likeness (QED) is 0.377. The minimum absolute atomic E-state index is 0.156. The van der Waals surface area contributed by atoms with Gasteiger partial charge in [-0.2, -0.15) is 5.10 Å². The van der Waals surface area contributed by atoms with Crippen molar-refractivity contribution < 1.29 is 18.0 Å². The molecule has 0 aliphatic carbocycles. The van der Waals surface area contributed by atoms with Crippen molar-refractivity contribution in [1.82, 2.24) is 19.7 Å². The number of fused-ring (bicyclic) bond motifs is 1. The largest absolute Gasteiger partial charge is 0.325 e. The second kappa shape index (κ2) is 8.15. The smallest absolute Gasteiger partial charge is 0.237 e. The van der Waals surface area contributed by atoms with Gasteiger partial charge < -0.3 is 5.32 Å². The molecule has 0 saturated heterocycles. The molecule has 10 heteroatoms. The molecule has 4 rings (SSSR count). The van der Waals surface area contributed by atoms with Crippen molar-refractivity contribution in [3.8, 4) is 5.69 Å². The summed E-state index contributed by atoms with van der Waals surface area (Å²) in [6, 6.07) is 8.95. The number of nitrogens with zero attached hydrogens (tertiary/aromatic N) is 4. The molecule has 0 bridgehead atoms. The molecule has 30 heavy (non-hydrogen) atoms. The molecule has 152 valence electrons. The molecular formula is C20H14F3N5OS. The van der Waals surface area contributed by atoms with E-state index >= 15 is 0 Å². The van der Waals surface area contributed by atoms with Crippen molar-refractivity contribution in [2.75, 3.05) is 5.32 Å². The normalized spacial score (nSPS) is 12.1. The molecule has 0 spiro atoms. The Labute approximate surface area is 173 Å². The Hall–Kier alpha value is -3.40. The number of carbonyl (C=O) groups excluding carboxylic acids is 1. The van der Waals surface area contributed by atoms with E-state index in [2.05, 4.69) is 20.4 Å². The van der Waals surface area contributed by atoms with Gasteiger partial charge in [-0.3, -0.25) is 4.79 Å². The van der Waals surface area contributed by atoms with Crippen molar-refractivity contribution >= 4 is 34.4 Å². The third-order valence-electron chi connectivity index (χ3n) is 4.25. The van der Waals surface area contributed by atoms with Crippen LogP contribution >= 0.6 is 11.8 Å². The van der Waals surface area contributed by atoms with Gasteiger partial charge in [0, 0.05) is 11.8 Å². The van der Waals surface area contributed by atoms with Gasteiger partial charge in [0.25, 0.3) is 0 Å². The minimum Gasteiger partial charge on any atom is -0.325 e. The van der Waals surface area contributed by atoms with Gasteiger partial charge >= 0.3 is 0 Å². The average molecular weight is 429 g/mol. The van der Waals surface area contributed by atoms with E-state index in [0.717, 1.165) is 12.1 Å². The van der Waals surface area contributed by atoms with Crippen molar-refractivity contribution in [3.05, 3.63) is 72.4 Å². The highest BCUT2D eigenvalue weighted by Crippen LogP contribution is 2.29. The summed E-state index contributed by atoms with van der Waals surface area (Å²) in [5.41, 5.74) is 1.29. The number of thioether (sulfide) groups is 1. The van der Waals surface area contributed by atoms with Crippen LogP contribution in [0.25, 0.3) is 16.7 Å². The summed E-state index contributed by atoms with van der Waals surface area (Å²) in [5, 5.41) is 7.40. The molecule has 4 aromatic rings. The molecule has 0 saturated carbocycles. The van der Waals surface area contributed by atoms with Gasteiger partial charge in [-0.25, -0.2) is 27.8 Å². The molecule has 1 N–H and O–H groups in total. The molecule has 6 nitrogen and oxygen atoms in total. The summed E-state index contributed by atoms with van der Waals surface area (Å²) in [4.78, 5) is 20.9. The van der Waals surface area contributed by atoms with E-state index in [9.17, 15) is 18.0 Å². The monoisotopic (exact) mass is 429 g/mol. The van der Waals surface area contributed by atoms with E-state index in [0.29, 0.717) is 21.7 Å². The number of amides is 1. The van der Waals surface area contributed by atoms with E-state index in [1.54, 1.807) is 29.9 Å². The number of halogens is 3. The van der Waals surface area contributed by atoms with Crippen LogP contribution in [0.4, 0.5) is 18.9 Å². The predicted molar refractivity (Wildman–Crippen MR) is 107 cm³/mol. The lowest BCUT2D eigenvalue weighted by Crippen LogP contribution is -2.22. The summed E-state index contributed by atoms with van der Waals surface area (Å²) in [5.74, 6) is -2.79. The molecule has 0 fully saturated rings. The van der Waals surface area contributed by atoms with Crippen LogP contribution in [0.5, 0.6) is 0 Å². The molecule has 2 heterocycles. The Bertz CT molecular complexity index is 1230. The third-order valence-corrected chi connectivity index (χ3v) is 5.36. The summed E-state index contributed by atoms with van der Waals surface area (Å²) in [6.07, 6.45) is 2.92. The highest BCUT2D eigenvalue weighted by Gasteiger charge is 2.19. The lowest BCUT2D eigenvalue weighted by Gasteiger charge is -2.12. The molecule has 1 atom stereocenters. The van der Waals surface area contributed by atoms with Gasteiger partial charge in [0.1, 0.15) is 17.2 Å². The Morgan fingerprint density at radius 1 is 1.07 bits per heavy atom. The van der Waals surface area contributed by atoms with Gasteiger partial charge in [0.05, 0.1) is 22.5 Å². The summed E-state index contributed by atoms with van der Waals surface area (Å²) >= 11 is 1.17. The fourth-order valence-corrected chi connectivity index (χ4v) is 3.61. The maximum Gasteiger partial charge on any atom is 0.237 e. The van der Waals surface area contributed by atoms with Gasteiger partial charge in [-0.05, 0) is 43.3 Å². The molecule has 0 aliphatic heterocycles. The summed E-state index contributed by atoms with van der Waals surface area (Å²) < 4.78 is 41.1. The SMILES string of the molecule is CC(Sc1ncnc2c1cnn2-c1ccc(F)cc1)C(=O)Nc1ccc(F)c(F)c1. The Balaban J connectivity index is 1.55. The number of nitrogens with one attached hydrogen (secondary N) is 1. The van der Waals surface area contributed by atoms with Crippen LogP contribution < -0.4 is 5.32 Å². The lowest BCUT2D eigenvalue weighted by atomic mass is 10.3. The first-order chi connectivity index (χ1) is 14.4. The molecular weight excluding hydrogens is 415 g/mol. The van der Waals surface area contributed by atoms with E-state index in [1.165, 1.54) is 36.3 Å². The minimum atomic E-state index is -1.04. The van der Waals surface area contributed by atoms with Crippen molar-refractivity contribution in [1.29, 1.82) is 0 Å². The Morgan fingerprint density at radius 2 is 1.83 bits per heavy atom. The van der Waals surface area contributed by atoms with Crippen LogP contribution in [0.2, 0.25) is 0 Å². The summed E-state index contributed by atoms with van der Waals surface area (Å²) in [7, 11) is 0. The predicted octanol–water partition coefficient (Wildman–Crippen LogP) is 4.35. The second-order valence-corrected chi connectivity index (χ2v) is 7.66. The van der Waals surface area contributed by atoms with Crippen LogP contribution in [0.1, 0.15) is 6.92 Å². The lowest BCUT2D eigenvalue weighted by molar-refractivity contribution is -0.115. The topological polar surface area (TPSA) is 72.7 Å². The number of anilines is 1. The van der Waals surface area contributed by atoms with Crippen molar-refractivity contribution in [2.24, 2.45) is 0 Å². The third kappa shape index (κ3) is 3.99. The number of carbonyl (C=O) groups is 1. The van der Waals surface area contributed by atoms with Crippen LogP contribution in [0, 0.1) is 17.5 Å². The zero-order valence-electron chi connectivity index (χ0n) is 15.5. The molecule has 2 aromatic carbocycles. The van der Waals surface area contributed by atoms with E-state index in [4.69, 9.17) is 0 Å². The second-order valence-electron chi connectivity index (χ2n) is 6.33. The zero-order chi connectivity index (χ0) is 21.3. The average Bonchev–Trinajstić information content (AvgIpc) is 3.16.